The molecular formula is C15H19F2NO3. The summed E-state index contributed by atoms with van der Waals surface area (Å²) in [6, 6.07) is 2.35. The maximum Gasteiger partial charge on any atom is 0.407 e. The first kappa shape index (κ1) is 16.9. The Kier molecular flexibility index (Phi) is 5.69. The fourth-order valence-corrected chi connectivity index (χ4v) is 1.46. The minimum atomic E-state index is -1.27. The summed E-state index contributed by atoms with van der Waals surface area (Å²) < 4.78 is 31.5. The van der Waals surface area contributed by atoms with Crippen LogP contribution in [0.4, 0.5) is 13.6 Å². The lowest BCUT2D eigenvalue weighted by Gasteiger charge is -2.19. The monoisotopic (exact) mass is 299 g/mol. The molecule has 0 saturated carbocycles. The number of halogens is 2. The molecule has 116 valence electrons. The van der Waals surface area contributed by atoms with Gasteiger partial charge in [0.25, 0.3) is 0 Å². The van der Waals surface area contributed by atoms with E-state index in [1.54, 1.807) is 26.8 Å². The van der Waals surface area contributed by atoms with E-state index < -0.39 is 29.1 Å². The number of nitrogens with one attached hydrogen (secondary N) is 1. The lowest BCUT2D eigenvalue weighted by Crippen LogP contribution is -2.32. The topological polar surface area (TPSA) is 58.6 Å². The normalized spacial score (nSPS) is 11.7. The van der Waals surface area contributed by atoms with Crippen molar-refractivity contribution in [3.63, 3.8) is 0 Å². The minimum absolute atomic E-state index is 0.0302. The van der Waals surface area contributed by atoms with Crippen LogP contribution in [-0.2, 0) is 4.74 Å². The number of rotatable bonds is 4. The molecule has 0 unspecified atom stereocenters. The third kappa shape index (κ3) is 5.81. The number of aromatic hydroxyl groups is 1. The SMILES string of the molecule is CC(C)(C)OC(=O)NCCC=Cc1ccc(O)c(F)c1F. The summed E-state index contributed by atoms with van der Waals surface area (Å²) in [5, 5.41) is 11.5. The molecule has 21 heavy (non-hydrogen) atoms. The van der Waals surface area contributed by atoms with Gasteiger partial charge >= 0.3 is 6.09 Å². The van der Waals surface area contributed by atoms with Crippen LogP contribution in [0.25, 0.3) is 6.08 Å². The highest BCUT2D eigenvalue weighted by atomic mass is 19.2. The summed E-state index contributed by atoms with van der Waals surface area (Å²) in [6.45, 7) is 5.59. The Bertz CT molecular complexity index is 536. The number of phenols is 1. The van der Waals surface area contributed by atoms with Crippen LogP contribution in [0.5, 0.6) is 5.75 Å². The van der Waals surface area contributed by atoms with Crippen LogP contribution < -0.4 is 5.32 Å². The van der Waals surface area contributed by atoms with Crippen molar-refractivity contribution in [1.29, 1.82) is 0 Å². The molecule has 1 rings (SSSR count). The number of benzene rings is 1. The maximum atomic E-state index is 13.4. The molecule has 0 saturated heterocycles. The average Bonchev–Trinajstić information content (AvgIpc) is 2.36. The Morgan fingerprint density at radius 3 is 2.62 bits per heavy atom. The van der Waals surface area contributed by atoms with Gasteiger partial charge in [0.15, 0.2) is 11.6 Å². The zero-order valence-electron chi connectivity index (χ0n) is 12.2. The molecule has 6 heteroatoms. The molecule has 0 spiro atoms. The van der Waals surface area contributed by atoms with Gasteiger partial charge in [-0.25, -0.2) is 9.18 Å². The molecule has 0 aliphatic heterocycles. The molecule has 1 amide bonds. The molecule has 1 aromatic rings. The zero-order chi connectivity index (χ0) is 16.0. The van der Waals surface area contributed by atoms with Crippen molar-refractivity contribution in [2.24, 2.45) is 0 Å². The maximum absolute atomic E-state index is 13.4. The van der Waals surface area contributed by atoms with Crippen molar-refractivity contribution in [3.8, 4) is 5.75 Å². The number of ether oxygens (including phenoxy) is 1. The quantitative estimate of drug-likeness (QED) is 0.835. The molecule has 0 aliphatic carbocycles. The van der Waals surface area contributed by atoms with Crippen LogP contribution in [0.3, 0.4) is 0 Å². The van der Waals surface area contributed by atoms with Crippen molar-refractivity contribution < 1.29 is 23.4 Å². The molecule has 4 nitrogen and oxygen atoms in total. The molecule has 1 aromatic carbocycles. The van der Waals surface area contributed by atoms with Crippen LogP contribution in [0.1, 0.15) is 32.8 Å². The van der Waals surface area contributed by atoms with E-state index in [0.29, 0.717) is 13.0 Å². The Labute approximate surface area is 122 Å². The molecule has 0 aliphatic rings. The summed E-state index contributed by atoms with van der Waals surface area (Å²) in [7, 11) is 0. The highest BCUT2D eigenvalue weighted by Crippen LogP contribution is 2.22. The number of carbonyl (C=O) groups is 1. The van der Waals surface area contributed by atoms with Gasteiger partial charge in [-0.05, 0) is 39.3 Å². The van der Waals surface area contributed by atoms with Gasteiger partial charge in [0.2, 0.25) is 5.82 Å². The Morgan fingerprint density at radius 2 is 2.00 bits per heavy atom. The fraction of sp³-hybridized carbons (Fsp3) is 0.400. The molecule has 0 radical (unpaired) electrons. The first-order valence-corrected chi connectivity index (χ1v) is 6.51. The lowest BCUT2D eigenvalue weighted by molar-refractivity contribution is 0.0529. The Morgan fingerprint density at radius 1 is 1.33 bits per heavy atom. The smallest absolute Gasteiger partial charge is 0.407 e. The van der Waals surface area contributed by atoms with Gasteiger partial charge in [0.1, 0.15) is 5.60 Å². The lowest BCUT2D eigenvalue weighted by atomic mass is 10.1. The summed E-state index contributed by atoms with van der Waals surface area (Å²) in [4.78, 5) is 11.3. The number of phenolic OH excluding ortho intramolecular Hbond substituents is 1. The number of amides is 1. The second-order valence-corrected chi connectivity index (χ2v) is 5.42. The number of hydrogen-bond acceptors (Lipinski definition) is 3. The first-order valence-electron chi connectivity index (χ1n) is 6.51. The second-order valence-electron chi connectivity index (χ2n) is 5.42. The molecular weight excluding hydrogens is 280 g/mol. The molecule has 0 bridgehead atoms. The molecule has 0 atom stereocenters. The highest BCUT2D eigenvalue weighted by molar-refractivity contribution is 5.67. The molecule has 2 N–H and O–H groups in total. The van der Waals surface area contributed by atoms with Gasteiger partial charge < -0.3 is 15.2 Å². The van der Waals surface area contributed by atoms with E-state index in [-0.39, 0.29) is 5.56 Å². The van der Waals surface area contributed by atoms with Gasteiger partial charge in [-0.3, -0.25) is 0 Å². The Hall–Kier alpha value is -2.11. The van der Waals surface area contributed by atoms with Gasteiger partial charge in [-0.1, -0.05) is 12.2 Å². The summed E-state index contributed by atoms with van der Waals surface area (Å²) in [6.07, 6.45) is 2.87. The van der Waals surface area contributed by atoms with E-state index in [4.69, 9.17) is 9.84 Å². The van der Waals surface area contributed by atoms with E-state index in [1.807, 2.05) is 0 Å². The zero-order valence-corrected chi connectivity index (χ0v) is 12.2. The van der Waals surface area contributed by atoms with Crippen LogP contribution in [0, 0.1) is 11.6 Å². The van der Waals surface area contributed by atoms with Crippen LogP contribution in [0.15, 0.2) is 18.2 Å². The summed E-state index contributed by atoms with van der Waals surface area (Å²) >= 11 is 0. The highest BCUT2D eigenvalue weighted by Gasteiger charge is 2.15. The number of carbonyl (C=O) groups excluding carboxylic acids is 1. The summed E-state index contributed by atoms with van der Waals surface area (Å²) in [5.74, 6) is -3.10. The van der Waals surface area contributed by atoms with E-state index in [9.17, 15) is 13.6 Å². The second kappa shape index (κ2) is 7.06. The van der Waals surface area contributed by atoms with Crippen LogP contribution in [0.2, 0.25) is 0 Å². The van der Waals surface area contributed by atoms with Crippen molar-refractivity contribution in [2.75, 3.05) is 6.54 Å². The van der Waals surface area contributed by atoms with Crippen LogP contribution >= 0.6 is 0 Å². The fourth-order valence-electron chi connectivity index (χ4n) is 1.46. The Balaban J connectivity index is 2.43. The van der Waals surface area contributed by atoms with Crippen molar-refractivity contribution in [2.45, 2.75) is 32.8 Å². The largest absolute Gasteiger partial charge is 0.505 e. The first-order chi connectivity index (χ1) is 9.70. The van der Waals surface area contributed by atoms with E-state index in [1.165, 1.54) is 12.1 Å². The molecule has 0 heterocycles. The predicted octanol–water partition coefficient (Wildman–Crippen LogP) is 3.60. The van der Waals surface area contributed by atoms with Crippen molar-refractivity contribution in [3.05, 3.63) is 35.4 Å². The third-order valence-corrected chi connectivity index (χ3v) is 2.37. The van der Waals surface area contributed by atoms with Gasteiger partial charge in [-0.15, -0.1) is 0 Å². The van der Waals surface area contributed by atoms with Crippen LogP contribution in [-0.4, -0.2) is 23.3 Å². The van der Waals surface area contributed by atoms with E-state index in [0.717, 1.165) is 6.07 Å². The number of alkyl carbamates (subject to hydrolysis) is 1. The predicted molar refractivity (Wildman–Crippen MR) is 75.9 cm³/mol. The third-order valence-electron chi connectivity index (χ3n) is 2.37. The number of hydrogen-bond donors (Lipinski definition) is 2. The average molecular weight is 299 g/mol. The molecule has 0 fully saturated rings. The standard InChI is InChI=1S/C15H19F2NO3/c1-15(2,3)21-14(20)18-9-5-4-6-10-7-8-11(19)13(17)12(10)16/h4,6-8,19H,5,9H2,1-3H3,(H,18,20). The van der Waals surface area contributed by atoms with E-state index in [2.05, 4.69) is 5.32 Å². The molecule has 0 aromatic heterocycles. The van der Waals surface area contributed by atoms with Gasteiger partial charge in [0, 0.05) is 12.1 Å². The van der Waals surface area contributed by atoms with Crippen molar-refractivity contribution >= 4 is 12.2 Å². The van der Waals surface area contributed by atoms with Gasteiger partial charge in [0.05, 0.1) is 0 Å². The minimum Gasteiger partial charge on any atom is -0.505 e. The van der Waals surface area contributed by atoms with Gasteiger partial charge in [-0.2, -0.15) is 4.39 Å². The van der Waals surface area contributed by atoms with E-state index >= 15 is 0 Å². The van der Waals surface area contributed by atoms with Crippen molar-refractivity contribution in [1.82, 2.24) is 5.32 Å². The summed E-state index contributed by atoms with van der Waals surface area (Å²) in [5.41, 5.74) is -0.533.